The Balaban J connectivity index is 2.42. The van der Waals surface area contributed by atoms with Crippen LogP contribution in [0.1, 0.15) is 17.7 Å². The zero-order valence-electron chi connectivity index (χ0n) is 12.6. The molecule has 2 rings (SSSR count). The monoisotopic (exact) mass is 354 g/mol. The number of benzene rings is 1. The van der Waals surface area contributed by atoms with Gasteiger partial charge >= 0.3 is 0 Å². The predicted molar refractivity (Wildman–Crippen MR) is 88.1 cm³/mol. The molecule has 0 saturated carbocycles. The second-order valence-corrected chi connectivity index (χ2v) is 9.11. The number of nitrogens with one attached hydrogen (secondary N) is 1. The molecule has 0 aliphatic heterocycles. The Morgan fingerprint density at radius 1 is 1.04 bits per heavy atom. The van der Waals surface area contributed by atoms with Crippen molar-refractivity contribution in [3.8, 4) is 0 Å². The summed E-state index contributed by atoms with van der Waals surface area (Å²) in [6.07, 6.45) is 2.97. The summed E-state index contributed by atoms with van der Waals surface area (Å²) in [7, 11) is -7.25. The number of sulfone groups is 1. The smallest absolute Gasteiger partial charge is 0.211 e. The maximum Gasteiger partial charge on any atom is 0.211 e. The van der Waals surface area contributed by atoms with Gasteiger partial charge in [-0.25, -0.2) is 21.6 Å². The van der Waals surface area contributed by atoms with Crippen LogP contribution in [0.3, 0.4) is 0 Å². The third kappa shape index (κ3) is 4.37. The van der Waals surface area contributed by atoms with E-state index in [2.05, 4.69) is 9.71 Å². The molecule has 0 saturated heterocycles. The lowest BCUT2D eigenvalue weighted by atomic mass is 10.2. The van der Waals surface area contributed by atoms with Crippen LogP contribution in [0.2, 0.25) is 0 Å². The quantitative estimate of drug-likeness (QED) is 0.814. The first kappa shape index (κ1) is 17.6. The molecule has 6 nitrogen and oxygen atoms in total. The summed E-state index contributed by atoms with van der Waals surface area (Å²) >= 11 is 0. The molecule has 1 aromatic carbocycles. The fraction of sp³-hybridized carbons (Fsp3) is 0.267. The third-order valence-corrected chi connectivity index (χ3v) is 6.85. The van der Waals surface area contributed by atoms with Crippen LogP contribution in [0.5, 0.6) is 0 Å². The molecule has 23 heavy (non-hydrogen) atoms. The van der Waals surface area contributed by atoms with Gasteiger partial charge in [0.05, 0.1) is 10.6 Å². The Labute approximate surface area is 136 Å². The van der Waals surface area contributed by atoms with Gasteiger partial charge in [-0.2, -0.15) is 0 Å². The largest absolute Gasteiger partial charge is 0.264 e. The van der Waals surface area contributed by atoms with E-state index in [-0.39, 0.29) is 17.2 Å². The van der Waals surface area contributed by atoms with E-state index in [4.69, 9.17) is 0 Å². The van der Waals surface area contributed by atoms with Gasteiger partial charge in [-0.15, -0.1) is 0 Å². The molecule has 1 N–H and O–H groups in total. The number of sulfonamides is 1. The lowest BCUT2D eigenvalue weighted by Gasteiger charge is -2.18. The molecule has 1 heterocycles. The number of pyridine rings is 1. The second kappa shape index (κ2) is 7.20. The lowest BCUT2D eigenvalue weighted by Crippen LogP contribution is -2.33. The molecular weight excluding hydrogens is 336 g/mol. The minimum atomic E-state index is -3.75. The SMILES string of the molecule is CCS(=O)(=O)NCC(c1cccnc1)S(=O)(=O)c1ccccc1. The van der Waals surface area contributed by atoms with E-state index >= 15 is 0 Å². The van der Waals surface area contributed by atoms with Crippen LogP contribution in [0, 0.1) is 0 Å². The second-order valence-electron chi connectivity index (χ2n) is 4.88. The van der Waals surface area contributed by atoms with Crippen LogP contribution in [0.15, 0.2) is 59.8 Å². The van der Waals surface area contributed by atoms with Gasteiger partial charge in [-0.3, -0.25) is 4.98 Å². The maximum absolute atomic E-state index is 12.9. The van der Waals surface area contributed by atoms with E-state index in [9.17, 15) is 16.8 Å². The van der Waals surface area contributed by atoms with Gasteiger partial charge < -0.3 is 0 Å². The van der Waals surface area contributed by atoms with Crippen LogP contribution in [-0.2, 0) is 19.9 Å². The fourth-order valence-electron chi connectivity index (χ4n) is 2.05. The van der Waals surface area contributed by atoms with Crippen molar-refractivity contribution in [2.75, 3.05) is 12.3 Å². The van der Waals surface area contributed by atoms with Crippen LogP contribution < -0.4 is 4.72 Å². The molecule has 0 fully saturated rings. The van der Waals surface area contributed by atoms with Gasteiger partial charge in [-0.1, -0.05) is 24.3 Å². The van der Waals surface area contributed by atoms with E-state index < -0.39 is 25.1 Å². The third-order valence-electron chi connectivity index (χ3n) is 3.37. The summed E-state index contributed by atoms with van der Waals surface area (Å²) in [4.78, 5) is 4.08. The molecule has 1 aromatic heterocycles. The van der Waals surface area contributed by atoms with E-state index in [1.54, 1.807) is 30.3 Å². The average Bonchev–Trinajstić information content (AvgIpc) is 2.56. The first-order chi connectivity index (χ1) is 10.9. The van der Waals surface area contributed by atoms with E-state index in [1.807, 2.05) is 0 Å². The molecule has 124 valence electrons. The summed E-state index contributed by atoms with van der Waals surface area (Å²) in [6, 6.07) is 11.2. The summed E-state index contributed by atoms with van der Waals surface area (Å²) in [5, 5.41) is -1.04. The molecule has 1 atom stereocenters. The molecule has 0 aliphatic rings. The Kier molecular flexibility index (Phi) is 5.51. The standard InChI is InChI=1S/C15H18N2O4S2/c1-2-22(18,19)17-12-15(13-7-6-10-16-11-13)23(20,21)14-8-4-3-5-9-14/h3-11,15,17H,2,12H2,1H3. The van der Waals surface area contributed by atoms with Crippen molar-refractivity contribution in [2.45, 2.75) is 17.1 Å². The van der Waals surface area contributed by atoms with E-state index in [0.29, 0.717) is 5.56 Å². The number of nitrogens with zero attached hydrogens (tertiary/aromatic N) is 1. The van der Waals surface area contributed by atoms with Crippen molar-refractivity contribution < 1.29 is 16.8 Å². The highest BCUT2D eigenvalue weighted by atomic mass is 32.2. The molecular formula is C15H18N2O4S2. The van der Waals surface area contributed by atoms with Crippen molar-refractivity contribution in [2.24, 2.45) is 0 Å². The highest BCUT2D eigenvalue weighted by molar-refractivity contribution is 7.92. The average molecular weight is 354 g/mol. The zero-order valence-corrected chi connectivity index (χ0v) is 14.2. The molecule has 0 spiro atoms. The first-order valence-corrected chi connectivity index (χ1v) is 10.2. The highest BCUT2D eigenvalue weighted by Gasteiger charge is 2.30. The van der Waals surface area contributed by atoms with Crippen molar-refractivity contribution in [1.29, 1.82) is 0 Å². The molecule has 0 radical (unpaired) electrons. The molecule has 0 aliphatic carbocycles. The summed E-state index contributed by atoms with van der Waals surface area (Å²) in [6.45, 7) is 1.26. The molecule has 2 aromatic rings. The lowest BCUT2D eigenvalue weighted by molar-refractivity contribution is 0.569. The van der Waals surface area contributed by atoms with Gasteiger partial charge in [0.2, 0.25) is 10.0 Å². The number of aromatic nitrogens is 1. The number of hydrogen-bond acceptors (Lipinski definition) is 5. The van der Waals surface area contributed by atoms with Crippen molar-refractivity contribution in [3.05, 3.63) is 60.4 Å². The van der Waals surface area contributed by atoms with Crippen molar-refractivity contribution >= 4 is 19.9 Å². The molecule has 0 amide bonds. The predicted octanol–water partition coefficient (Wildman–Crippen LogP) is 1.54. The minimum absolute atomic E-state index is 0.113. The van der Waals surface area contributed by atoms with Gasteiger partial charge in [-0.05, 0) is 30.7 Å². The normalized spacial score (nSPS) is 13.6. The summed E-state index contributed by atoms with van der Waals surface area (Å²) in [5.41, 5.74) is 0.440. The van der Waals surface area contributed by atoms with Gasteiger partial charge in [0.15, 0.2) is 9.84 Å². The van der Waals surface area contributed by atoms with Crippen LogP contribution >= 0.6 is 0 Å². The Morgan fingerprint density at radius 3 is 2.30 bits per heavy atom. The van der Waals surface area contributed by atoms with E-state index in [1.165, 1.54) is 31.5 Å². The Morgan fingerprint density at radius 2 is 1.74 bits per heavy atom. The van der Waals surface area contributed by atoms with Gasteiger partial charge in [0.25, 0.3) is 0 Å². The van der Waals surface area contributed by atoms with Gasteiger partial charge in [0.1, 0.15) is 5.25 Å². The van der Waals surface area contributed by atoms with Crippen LogP contribution in [0.25, 0.3) is 0 Å². The highest BCUT2D eigenvalue weighted by Crippen LogP contribution is 2.28. The summed E-state index contributed by atoms with van der Waals surface area (Å²) < 4.78 is 51.5. The molecule has 8 heteroatoms. The number of rotatable bonds is 7. The van der Waals surface area contributed by atoms with Crippen molar-refractivity contribution in [3.63, 3.8) is 0 Å². The molecule has 1 unspecified atom stereocenters. The van der Waals surface area contributed by atoms with Gasteiger partial charge in [0, 0.05) is 18.9 Å². The van der Waals surface area contributed by atoms with E-state index in [0.717, 1.165) is 0 Å². The maximum atomic E-state index is 12.9. The zero-order chi connectivity index (χ0) is 16.9. The minimum Gasteiger partial charge on any atom is -0.264 e. The topological polar surface area (TPSA) is 93.2 Å². The van der Waals surface area contributed by atoms with Crippen LogP contribution in [-0.4, -0.2) is 34.1 Å². The Bertz CT molecular complexity index is 836. The summed E-state index contributed by atoms with van der Waals surface area (Å²) in [5.74, 6) is -0.113. The fourth-order valence-corrected chi connectivity index (χ4v) is 4.45. The van der Waals surface area contributed by atoms with Crippen molar-refractivity contribution in [1.82, 2.24) is 9.71 Å². The first-order valence-electron chi connectivity index (χ1n) is 7.03. The number of hydrogen-bond donors (Lipinski definition) is 1. The molecule has 0 bridgehead atoms. The Hall–Kier alpha value is -1.77. The van der Waals surface area contributed by atoms with Crippen LogP contribution in [0.4, 0.5) is 0 Å².